The Hall–Kier alpha value is -4.58. The number of aryl methyl sites for hydroxylation is 1. The van der Waals surface area contributed by atoms with Crippen LogP contribution in [-0.4, -0.2) is 16.7 Å². The Labute approximate surface area is 207 Å². The molecular weight excluding hydrogens is 455 g/mol. The summed E-state index contributed by atoms with van der Waals surface area (Å²) in [6.07, 6.45) is 1.95. The molecule has 0 saturated carbocycles. The molecule has 178 valence electrons. The van der Waals surface area contributed by atoms with Crippen LogP contribution in [0, 0.1) is 12.7 Å². The molecule has 3 aromatic carbocycles. The van der Waals surface area contributed by atoms with Crippen LogP contribution in [-0.2, 0) is 0 Å². The van der Waals surface area contributed by atoms with E-state index in [1.165, 1.54) is 12.1 Å². The predicted octanol–water partition coefficient (Wildman–Crippen LogP) is 7.45. The Morgan fingerprint density at radius 2 is 1.67 bits per heavy atom. The SMILES string of the molecule is CCC(=O)c1c(-c2ccc(F)cc2)oc2ccc(-c3cccc(C(=O)Nc4ccnc(C)c4)c3)cc12. The van der Waals surface area contributed by atoms with Crippen LogP contribution in [0.2, 0.25) is 0 Å². The predicted molar refractivity (Wildman–Crippen MR) is 139 cm³/mol. The van der Waals surface area contributed by atoms with Gasteiger partial charge in [0.2, 0.25) is 0 Å². The number of amides is 1. The van der Waals surface area contributed by atoms with Gasteiger partial charge in [0.1, 0.15) is 17.2 Å². The summed E-state index contributed by atoms with van der Waals surface area (Å²) in [7, 11) is 0. The highest BCUT2D eigenvalue weighted by molar-refractivity contribution is 6.13. The van der Waals surface area contributed by atoms with Crippen molar-refractivity contribution < 1.29 is 18.4 Å². The van der Waals surface area contributed by atoms with Gasteiger partial charge in [0.15, 0.2) is 5.78 Å². The summed E-state index contributed by atoms with van der Waals surface area (Å²) in [5, 5.41) is 3.58. The number of fused-ring (bicyclic) bond motifs is 1. The number of Topliss-reactive ketones (excluding diaryl/α,β-unsaturated/α-hetero) is 1. The van der Waals surface area contributed by atoms with E-state index >= 15 is 0 Å². The molecular formula is C30H23FN2O3. The van der Waals surface area contributed by atoms with Crippen molar-refractivity contribution in [2.45, 2.75) is 20.3 Å². The van der Waals surface area contributed by atoms with Crippen molar-refractivity contribution in [2.24, 2.45) is 0 Å². The van der Waals surface area contributed by atoms with E-state index in [-0.39, 0.29) is 17.5 Å². The number of rotatable bonds is 6. The second-order valence-corrected chi connectivity index (χ2v) is 8.52. The van der Waals surface area contributed by atoms with Crippen LogP contribution >= 0.6 is 0 Å². The first kappa shape index (κ1) is 23.2. The van der Waals surface area contributed by atoms with Crippen LogP contribution in [0.1, 0.15) is 39.8 Å². The minimum absolute atomic E-state index is 0.0639. The summed E-state index contributed by atoms with van der Waals surface area (Å²) >= 11 is 0. The van der Waals surface area contributed by atoms with Gasteiger partial charge in [-0.1, -0.05) is 25.1 Å². The van der Waals surface area contributed by atoms with Crippen LogP contribution in [0.3, 0.4) is 0 Å². The molecule has 6 heteroatoms. The highest BCUT2D eigenvalue weighted by atomic mass is 19.1. The molecule has 0 radical (unpaired) electrons. The molecule has 36 heavy (non-hydrogen) atoms. The molecule has 5 nitrogen and oxygen atoms in total. The summed E-state index contributed by atoms with van der Waals surface area (Å²) in [5.41, 5.74) is 5.34. The number of ketones is 1. The Kier molecular flexibility index (Phi) is 6.17. The standard InChI is InChI=1S/C30H23FN2O3/c1-3-26(34)28-25-17-21(9-12-27(25)36-29(28)19-7-10-23(31)11-8-19)20-5-4-6-22(16-20)30(35)33-24-13-14-32-18(2)15-24/h4-17H,3H2,1-2H3,(H,32,33,35). The lowest BCUT2D eigenvalue weighted by Crippen LogP contribution is -2.12. The third-order valence-corrected chi connectivity index (χ3v) is 6.01. The van der Waals surface area contributed by atoms with E-state index in [1.807, 2.05) is 43.3 Å². The van der Waals surface area contributed by atoms with Gasteiger partial charge in [-0.25, -0.2) is 4.39 Å². The molecule has 0 aliphatic carbocycles. The second kappa shape index (κ2) is 9.58. The van der Waals surface area contributed by atoms with Crippen LogP contribution in [0.25, 0.3) is 33.4 Å². The molecule has 0 saturated heterocycles. The first-order chi connectivity index (χ1) is 17.4. The van der Waals surface area contributed by atoms with Crippen molar-refractivity contribution in [3.05, 3.63) is 108 Å². The number of aromatic nitrogens is 1. The Bertz CT molecular complexity index is 1600. The minimum Gasteiger partial charge on any atom is -0.455 e. The molecule has 0 aliphatic heterocycles. The fourth-order valence-electron chi connectivity index (χ4n) is 4.20. The molecule has 5 aromatic rings. The number of hydrogen-bond donors (Lipinski definition) is 1. The number of hydrogen-bond acceptors (Lipinski definition) is 4. The molecule has 0 spiro atoms. The van der Waals surface area contributed by atoms with Gasteiger partial charge in [0, 0.05) is 40.5 Å². The summed E-state index contributed by atoms with van der Waals surface area (Å²) < 4.78 is 19.5. The molecule has 1 N–H and O–H groups in total. The van der Waals surface area contributed by atoms with Gasteiger partial charge in [-0.05, 0) is 78.7 Å². The van der Waals surface area contributed by atoms with Crippen LogP contribution < -0.4 is 5.32 Å². The van der Waals surface area contributed by atoms with Gasteiger partial charge < -0.3 is 9.73 Å². The number of benzene rings is 3. The van der Waals surface area contributed by atoms with E-state index in [2.05, 4.69) is 10.3 Å². The number of halogens is 1. The van der Waals surface area contributed by atoms with Gasteiger partial charge in [-0.3, -0.25) is 14.6 Å². The van der Waals surface area contributed by atoms with Crippen molar-refractivity contribution >= 4 is 28.3 Å². The van der Waals surface area contributed by atoms with Crippen molar-refractivity contribution in [1.29, 1.82) is 0 Å². The average Bonchev–Trinajstić information content (AvgIpc) is 3.27. The van der Waals surface area contributed by atoms with Crippen molar-refractivity contribution in [1.82, 2.24) is 4.98 Å². The average molecular weight is 479 g/mol. The number of nitrogens with one attached hydrogen (secondary N) is 1. The van der Waals surface area contributed by atoms with Crippen LogP contribution in [0.4, 0.5) is 10.1 Å². The van der Waals surface area contributed by atoms with E-state index in [0.717, 1.165) is 16.8 Å². The second-order valence-electron chi connectivity index (χ2n) is 8.52. The maximum absolute atomic E-state index is 13.5. The van der Waals surface area contributed by atoms with E-state index in [4.69, 9.17) is 4.42 Å². The summed E-state index contributed by atoms with van der Waals surface area (Å²) in [6.45, 7) is 3.66. The summed E-state index contributed by atoms with van der Waals surface area (Å²) in [6, 6.07) is 22.4. The van der Waals surface area contributed by atoms with Crippen molar-refractivity contribution in [3.63, 3.8) is 0 Å². The van der Waals surface area contributed by atoms with Crippen LogP contribution in [0.5, 0.6) is 0 Å². The van der Waals surface area contributed by atoms with Crippen molar-refractivity contribution in [2.75, 3.05) is 5.32 Å². The summed E-state index contributed by atoms with van der Waals surface area (Å²) in [4.78, 5) is 30.0. The number of furan rings is 1. The number of carbonyl (C=O) groups is 2. The lowest BCUT2D eigenvalue weighted by atomic mass is 9.97. The lowest BCUT2D eigenvalue weighted by molar-refractivity contribution is 0.0988. The normalized spacial score (nSPS) is 11.0. The monoisotopic (exact) mass is 478 g/mol. The fraction of sp³-hybridized carbons (Fsp3) is 0.100. The van der Waals surface area contributed by atoms with E-state index < -0.39 is 0 Å². The molecule has 1 amide bonds. The maximum Gasteiger partial charge on any atom is 0.255 e. The third kappa shape index (κ3) is 4.53. The molecule has 0 unspecified atom stereocenters. The summed E-state index contributed by atoms with van der Waals surface area (Å²) in [5.74, 6) is -0.225. The van der Waals surface area contributed by atoms with E-state index in [1.54, 1.807) is 43.5 Å². The fourth-order valence-corrected chi connectivity index (χ4v) is 4.20. The molecule has 2 aromatic heterocycles. The van der Waals surface area contributed by atoms with E-state index in [9.17, 15) is 14.0 Å². The molecule has 2 heterocycles. The molecule has 0 bridgehead atoms. The number of nitrogens with zero attached hydrogens (tertiary/aromatic N) is 1. The smallest absolute Gasteiger partial charge is 0.255 e. The first-order valence-corrected chi connectivity index (χ1v) is 11.6. The Balaban J connectivity index is 1.54. The van der Waals surface area contributed by atoms with E-state index in [0.29, 0.717) is 45.5 Å². The first-order valence-electron chi connectivity index (χ1n) is 11.6. The zero-order chi connectivity index (χ0) is 25.2. The van der Waals surface area contributed by atoms with Gasteiger partial charge in [-0.15, -0.1) is 0 Å². The quantitative estimate of drug-likeness (QED) is 0.257. The highest BCUT2D eigenvalue weighted by Crippen LogP contribution is 2.37. The minimum atomic E-state index is -0.358. The maximum atomic E-state index is 13.5. The van der Waals surface area contributed by atoms with Crippen LogP contribution in [0.15, 0.2) is 89.5 Å². The molecule has 0 atom stereocenters. The molecule has 5 rings (SSSR count). The molecule has 0 fully saturated rings. The number of carbonyl (C=O) groups excluding carboxylic acids is 2. The molecule has 0 aliphatic rings. The number of anilines is 1. The van der Waals surface area contributed by atoms with Gasteiger partial charge in [0.05, 0.1) is 5.56 Å². The van der Waals surface area contributed by atoms with Crippen molar-refractivity contribution in [3.8, 4) is 22.5 Å². The Morgan fingerprint density at radius 3 is 2.42 bits per heavy atom. The highest BCUT2D eigenvalue weighted by Gasteiger charge is 2.21. The van der Waals surface area contributed by atoms with Gasteiger partial charge >= 0.3 is 0 Å². The zero-order valence-electron chi connectivity index (χ0n) is 19.8. The number of pyridine rings is 1. The lowest BCUT2D eigenvalue weighted by Gasteiger charge is -2.08. The largest absolute Gasteiger partial charge is 0.455 e. The van der Waals surface area contributed by atoms with Gasteiger partial charge in [-0.2, -0.15) is 0 Å². The van der Waals surface area contributed by atoms with Gasteiger partial charge in [0.25, 0.3) is 5.91 Å². The zero-order valence-corrected chi connectivity index (χ0v) is 19.8. The Morgan fingerprint density at radius 1 is 0.917 bits per heavy atom. The third-order valence-electron chi connectivity index (χ3n) is 6.01. The topological polar surface area (TPSA) is 72.2 Å².